The summed E-state index contributed by atoms with van der Waals surface area (Å²) < 4.78 is 28.3. The highest BCUT2D eigenvalue weighted by atomic mass is 16.7. The molecule has 0 aliphatic carbocycles. The Morgan fingerprint density at radius 3 is 1.83 bits per heavy atom. The largest absolute Gasteiger partial charge is 0.491 e. The van der Waals surface area contributed by atoms with Crippen LogP contribution in [0.4, 0.5) is 0 Å². The zero-order valence-electron chi connectivity index (χ0n) is 24.6. The van der Waals surface area contributed by atoms with Crippen LogP contribution in [0.1, 0.15) is 37.8 Å². The number of aryl methyl sites for hydroxylation is 2. The van der Waals surface area contributed by atoms with E-state index in [1.165, 1.54) is 11.1 Å². The van der Waals surface area contributed by atoms with Crippen molar-refractivity contribution < 1.29 is 33.9 Å². The quantitative estimate of drug-likeness (QED) is 0.138. The van der Waals surface area contributed by atoms with Crippen molar-refractivity contribution >= 4 is 0 Å². The van der Waals surface area contributed by atoms with E-state index < -0.39 is 6.10 Å². The number of aliphatic hydroxyl groups is 2. The minimum atomic E-state index is -0.745. The van der Waals surface area contributed by atoms with Gasteiger partial charge in [0.1, 0.15) is 24.6 Å². The lowest BCUT2D eigenvalue weighted by atomic mass is 10.1. The summed E-state index contributed by atoms with van der Waals surface area (Å²) in [5.74, 6) is 0.716. The predicted molar refractivity (Wildman–Crippen MR) is 162 cm³/mol. The van der Waals surface area contributed by atoms with E-state index in [9.17, 15) is 5.11 Å². The third-order valence-electron chi connectivity index (χ3n) is 6.00. The zero-order chi connectivity index (χ0) is 29.4. The second-order valence-electron chi connectivity index (χ2n) is 9.57. The van der Waals surface area contributed by atoms with Crippen molar-refractivity contribution in [1.29, 1.82) is 0 Å². The van der Waals surface area contributed by atoms with Crippen LogP contribution in [0.5, 0.6) is 5.75 Å². The maximum atomic E-state index is 10.2. The first-order valence-electron chi connectivity index (χ1n) is 14.6. The Kier molecular flexibility index (Phi) is 19.2. The number of hydrogen-bond donors (Lipinski definition) is 2. The van der Waals surface area contributed by atoms with Gasteiger partial charge in [-0.05, 0) is 62.8 Å². The average molecular weight is 569 g/mol. The fourth-order valence-corrected chi connectivity index (χ4v) is 3.84. The van der Waals surface area contributed by atoms with Crippen molar-refractivity contribution in [3.8, 4) is 5.75 Å². The van der Waals surface area contributed by atoms with Gasteiger partial charge in [-0.25, -0.2) is 0 Å². The van der Waals surface area contributed by atoms with E-state index in [2.05, 4.69) is 24.3 Å². The molecule has 0 saturated heterocycles. The molecule has 0 saturated carbocycles. The van der Waals surface area contributed by atoms with Crippen LogP contribution in [0.25, 0.3) is 0 Å². The minimum absolute atomic E-state index is 0.136. The third kappa shape index (κ3) is 17.6. The summed E-state index contributed by atoms with van der Waals surface area (Å²) in [6.07, 6.45) is 2.39. The first kappa shape index (κ1) is 34.4. The van der Waals surface area contributed by atoms with Crippen LogP contribution in [0.2, 0.25) is 0 Å². The van der Waals surface area contributed by atoms with E-state index in [-0.39, 0.29) is 32.2 Å². The van der Waals surface area contributed by atoms with Crippen molar-refractivity contribution in [3.05, 3.63) is 102 Å². The predicted octanol–water partition coefficient (Wildman–Crippen LogP) is 5.47. The molecule has 7 nitrogen and oxygen atoms in total. The van der Waals surface area contributed by atoms with Crippen LogP contribution in [0.3, 0.4) is 0 Å². The number of ether oxygens (including phenoxy) is 5. The lowest BCUT2D eigenvalue weighted by Crippen LogP contribution is -2.33. The summed E-state index contributed by atoms with van der Waals surface area (Å²) in [6.45, 7) is 6.29. The van der Waals surface area contributed by atoms with Crippen LogP contribution in [-0.4, -0.2) is 75.0 Å². The molecule has 3 rings (SSSR count). The molecule has 3 unspecified atom stereocenters. The van der Waals surface area contributed by atoms with Gasteiger partial charge in [-0.2, -0.15) is 0 Å². The Morgan fingerprint density at radius 2 is 1.24 bits per heavy atom. The third-order valence-corrected chi connectivity index (χ3v) is 6.00. The Bertz CT molecular complexity index is 972. The number of hydrogen-bond acceptors (Lipinski definition) is 7. The van der Waals surface area contributed by atoms with Crippen LogP contribution in [0, 0.1) is 0 Å². The van der Waals surface area contributed by atoms with Gasteiger partial charge in [0.25, 0.3) is 0 Å². The van der Waals surface area contributed by atoms with E-state index in [0.717, 1.165) is 25.7 Å². The highest BCUT2D eigenvalue weighted by molar-refractivity contribution is 5.21. The fraction of sp³-hybridized carbons (Fsp3) is 0.471. The molecule has 0 spiro atoms. The van der Waals surface area contributed by atoms with Crippen molar-refractivity contribution in [2.24, 2.45) is 0 Å². The molecule has 0 aromatic heterocycles. The van der Waals surface area contributed by atoms with Crippen molar-refractivity contribution in [2.45, 2.75) is 58.0 Å². The number of aliphatic hydroxyl groups excluding tert-OH is 2. The Labute approximate surface area is 246 Å². The summed E-state index contributed by atoms with van der Waals surface area (Å²) in [4.78, 5) is 0. The lowest BCUT2D eigenvalue weighted by Gasteiger charge is -2.22. The topological polar surface area (TPSA) is 86.6 Å². The molecular weight excluding hydrogens is 520 g/mol. The molecule has 0 bridgehead atoms. The molecule has 3 atom stereocenters. The highest BCUT2D eigenvalue weighted by Gasteiger charge is 2.15. The molecular formula is C34H48O7. The van der Waals surface area contributed by atoms with Gasteiger partial charge in [0.2, 0.25) is 0 Å². The van der Waals surface area contributed by atoms with E-state index in [4.69, 9.17) is 28.8 Å². The van der Waals surface area contributed by atoms with Gasteiger partial charge >= 0.3 is 0 Å². The smallest absolute Gasteiger partial charge is 0.154 e. The van der Waals surface area contributed by atoms with Crippen LogP contribution >= 0.6 is 0 Å². The van der Waals surface area contributed by atoms with Gasteiger partial charge in [0.15, 0.2) is 6.29 Å². The molecule has 3 aromatic carbocycles. The molecule has 0 aliphatic heterocycles. The molecule has 0 heterocycles. The highest BCUT2D eigenvalue weighted by Crippen LogP contribution is 2.09. The van der Waals surface area contributed by atoms with Crippen LogP contribution < -0.4 is 4.74 Å². The molecule has 0 fully saturated rings. The summed E-state index contributed by atoms with van der Waals surface area (Å²) in [5.41, 5.74) is 2.60. The molecule has 226 valence electrons. The monoisotopic (exact) mass is 568 g/mol. The SMILES string of the molecule is CCOC(C)OCC(COCCCc1ccccc1)OCC(O)COc1ccccc1.OCCCc1ccccc1. The molecule has 3 aromatic rings. The Balaban J connectivity index is 0.000000493. The van der Waals surface area contributed by atoms with Crippen molar-refractivity contribution in [3.63, 3.8) is 0 Å². The van der Waals surface area contributed by atoms with Crippen molar-refractivity contribution in [2.75, 3.05) is 46.2 Å². The van der Waals surface area contributed by atoms with Crippen LogP contribution in [-0.2, 0) is 31.8 Å². The lowest BCUT2D eigenvalue weighted by molar-refractivity contribution is -0.163. The maximum Gasteiger partial charge on any atom is 0.154 e. The van der Waals surface area contributed by atoms with E-state index >= 15 is 0 Å². The van der Waals surface area contributed by atoms with Gasteiger partial charge in [-0.1, -0.05) is 78.9 Å². The number of benzene rings is 3. The first-order chi connectivity index (χ1) is 20.1. The average Bonchev–Trinajstić information content (AvgIpc) is 3.01. The van der Waals surface area contributed by atoms with E-state index in [1.54, 1.807) is 0 Å². The second-order valence-corrected chi connectivity index (χ2v) is 9.57. The van der Waals surface area contributed by atoms with Gasteiger partial charge in [-0.15, -0.1) is 0 Å². The van der Waals surface area contributed by atoms with Gasteiger partial charge in [0.05, 0.1) is 19.8 Å². The summed E-state index contributed by atoms with van der Waals surface area (Å²) in [5, 5.41) is 18.7. The molecule has 0 amide bonds. The molecule has 7 heteroatoms. The zero-order valence-corrected chi connectivity index (χ0v) is 24.6. The van der Waals surface area contributed by atoms with Crippen LogP contribution in [0.15, 0.2) is 91.0 Å². The standard InChI is InChI=1S/C25H36O6.C9H12O/c1-3-28-21(2)29-20-25(19-27-16-10-13-22-11-6-4-7-12-22)31-18-23(26)17-30-24-14-8-5-9-15-24;10-8-4-7-9-5-2-1-3-6-9/h4-9,11-12,14-15,21,23,25-26H,3,10,13,16-20H2,1-2H3;1-3,5-6,10H,4,7-8H2. The van der Waals surface area contributed by atoms with E-state index in [0.29, 0.717) is 32.2 Å². The molecule has 0 aliphatic rings. The second kappa shape index (κ2) is 22.9. The summed E-state index contributed by atoms with van der Waals surface area (Å²) >= 11 is 0. The minimum Gasteiger partial charge on any atom is -0.491 e. The Hall–Kier alpha value is -2.78. The molecule has 41 heavy (non-hydrogen) atoms. The number of rotatable bonds is 20. The molecule has 0 radical (unpaired) electrons. The van der Waals surface area contributed by atoms with Gasteiger partial charge in [0, 0.05) is 19.8 Å². The fourth-order valence-electron chi connectivity index (χ4n) is 3.84. The molecule has 2 N–H and O–H groups in total. The summed E-state index contributed by atoms with van der Waals surface area (Å²) in [6, 6.07) is 29.9. The maximum absolute atomic E-state index is 10.2. The Morgan fingerprint density at radius 1 is 0.659 bits per heavy atom. The first-order valence-corrected chi connectivity index (χ1v) is 14.6. The summed E-state index contributed by atoms with van der Waals surface area (Å²) in [7, 11) is 0. The van der Waals surface area contributed by atoms with Gasteiger partial charge < -0.3 is 33.9 Å². The number of para-hydroxylation sites is 1. The van der Waals surface area contributed by atoms with Crippen molar-refractivity contribution in [1.82, 2.24) is 0 Å². The van der Waals surface area contributed by atoms with Gasteiger partial charge in [-0.3, -0.25) is 0 Å². The normalized spacial score (nSPS) is 13.1. The van der Waals surface area contributed by atoms with E-state index in [1.807, 2.05) is 80.6 Å².